The molecule has 0 spiro atoms. The first-order valence-electron chi connectivity index (χ1n) is 9.67. The molecule has 0 saturated carbocycles. The smallest absolute Gasteiger partial charge is 0.0849 e. The van der Waals surface area contributed by atoms with Crippen LogP contribution in [0, 0.1) is 27.7 Å². The Bertz CT molecular complexity index is 1080. The lowest BCUT2D eigenvalue weighted by Gasteiger charge is -2.10. The molecule has 0 bridgehead atoms. The molecule has 29 heavy (non-hydrogen) atoms. The van der Waals surface area contributed by atoms with Gasteiger partial charge in [0.05, 0.1) is 34.2 Å². The van der Waals surface area contributed by atoms with Crippen LogP contribution in [-0.4, -0.2) is 16.4 Å². The molecule has 3 rings (SSSR count). The molecule has 0 unspecified atom stereocenters. The van der Waals surface area contributed by atoms with E-state index in [9.17, 15) is 0 Å². The van der Waals surface area contributed by atoms with E-state index < -0.39 is 0 Å². The van der Waals surface area contributed by atoms with Crippen molar-refractivity contribution in [1.82, 2.24) is 4.98 Å². The highest BCUT2D eigenvalue weighted by molar-refractivity contribution is 9.10. The molecular weight excluding hydrogens is 422 g/mol. The number of aromatic nitrogens is 1. The molecule has 0 atom stereocenters. The third kappa shape index (κ3) is 4.88. The van der Waals surface area contributed by atoms with E-state index in [2.05, 4.69) is 61.8 Å². The Morgan fingerprint density at radius 3 is 1.79 bits per heavy atom. The summed E-state index contributed by atoms with van der Waals surface area (Å²) in [5, 5.41) is 0. The summed E-state index contributed by atoms with van der Waals surface area (Å²) in [5.74, 6) is 0. The molecule has 0 aliphatic carbocycles. The number of aliphatic imine (C=N–C) groups is 2. The van der Waals surface area contributed by atoms with Crippen LogP contribution >= 0.6 is 15.9 Å². The number of aryl methyl sites for hydroxylation is 4. The first kappa shape index (κ1) is 21.1. The van der Waals surface area contributed by atoms with Gasteiger partial charge in [-0.1, -0.05) is 35.9 Å². The minimum Gasteiger partial charge on any atom is -0.251 e. The van der Waals surface area contributed by atoms with Crippen molar-refractivity contribution in [2.75, 3.05) is 0 Å². The number of para-hydroxylation sites is 1. The van der Waals surface area contributed by atoms with Gasteiger partial charge in [0.2, 0.25) is 0 Å². The molecule has 0 radical (unpaired) electrons. The van der Waals surface area contributed by atoms with Crippen LogP contribution < -0.4 is 0 Å². The highest BCUT2D eigenvalue weighted by Crippen LogP contribution is 2.29. The fraction of sp³-hybridized carbons (Fsp3) is 0.240. The van der Waals surface area contributed by atoms with E-state index in [0.717, 1.165) is 44.2 Å². The third-order valence-corrected chi connectivity index (χ3v) is 5.51. The zero-order valence-electron chi connectivity index (χ0n) is 17.8. The summed E-state index contributed by atoms with van der Waals surface area (Å²) in [6, 6.07) is 16.4. The SMILES string of the molecule is CC(=Nc1c(C)cc(C)cc1C)c1cccc(C(C)=Nc2c(C)cccc2Br)n1. The molecule has 148 valence electrons. The predicted octanol–water partition coefficient (Wildman–Crippen LogP) is 7.36. The summed E-state index contributed by atoms with van der Waals surface area (Å²) in [6.45, 7) is 12.4. The molecule has 0 N–H and O–H groups in total. The molecule has 0 fully saturated rings. The summed E-state index contributed by atoms with van der Waals surface area (Å²) < 4.78 is 0.982. The second-order valence-corrected chi connectivity index (χ2v) is 8.31. The van der Waals surface area contributed by atoms with Gasteiger partial charge in [-0.05, 0) is 92.4 Å². The first-order chi connectivity index (χ1) is 13.8. The van der Waals surface area contributed by atoms with Gasteiger partial charge in [0.1, 0.15) is 0 Å². The molecule has 0 aliphatic heterocycles. The average molecular weight is 448 g/mol. The fourth-order valence-electron chi connectivity index (χ4n) is 3.40. The van der Waals surface area contributed by atoms with Gasteiger partial charge in [-0.25, -0.2) is 4.98 Å². The normalized spacial score (nSPS) is 12.4. The Labute approximate surface area is 181 Å². The molecule has 0 amide bonds. The van der Waals surface area contributed by atoms with E-state index >= 15 is 0 Å². The quantitative estimate of drug-likeness (QED) is 0.384. The van der Waals surface area contributed by atoms with Crippen molar-refractivity contribution in [3.8, 4) is 0 Å². The van der Waals surface area contributed by atoms with Crippen molar-refractivity contribution in [3.63, 3.8) is 0 Å². The fourth-order valence-corrected chi connectivity index (χ4v) is 3.96. The lowest BCUT2D eigenvalue weighted by atomic mass is 10.1. The average Bonchev–Trinajstić information content (AvgIpc) is 2.67. The minimum absolute atomic E-state index is 0.851. The van der Waals surface area contributed by atoms with Gasteiger partial charge in [-0.15, -0.1) is 0 Å². The van der Waals surface area contributed by atoms with E-state index in [-0.39, 0.29) is 0 Å². The number of hydrogen-bond acceptors (Lipinski definition) is 3. The first-order valence-corrected chi connectivity index (χ1v) is 10.5. The largest absolute Gasteiger partial charge is 0.251 e. The van der Waals surface area contributed by atoms with Crippen molar-refractivity contribution >= 4 is 38.7 Å². The Morgan fingerprint density at radius 1 is 0.724 bits per heavy atom. The second-order valence-electron chi connectivity index (χ2n) is 7.46. The van der Waals surface area contributed by atoms with Gasteiger partial charge in [0.25, 0.3) is 0 Å². The summed E-state index contributed by atoms with van der Waals surface area (Å²) in [6.07, 6.45) is 0. The highest BCUT2D eigenvalue weighted by Gasteiger charge is 2.09. The molecular formula is C25H26BrN3. The Hall–Kier alpha value is -2.59. The van der Waals surface area contributed by atoms with E-state index in [1.54, 1.807) is 0 Å². The molecule has 3 nitrogen and oxygen atoms in total. The zero-order valence-corrected chi connectivity index (χ0v) is 19.4. The minimum atomic E-state index is 0.851. The number of nitrogens with zero attached hydrogens (tertiary/aromatic N) is 3. The van der Waals surface area contributed by atoms with Crippen LogP contribution in [0.5, 0.6) is 0 Å². The molecule has 0 aliphatic rings. The monoisotopic (exact) mass is 447 g/mol. The van der Waals surface area contributed by atoms with E-state index in [1.807, 2.05) is 44.2 Å². The molecule has 2 aromatic carbocycles. The Balaban J connectivity index is 1.98. The third-order valence-electron chi connectivity index (χ3n) is 4.87. The highest BCUT2D eigenvalue weighted by atomic mass is 79.9. The maximum atomic E-state index is 4.89. The number of pyridine rings is 1. The molecule has 1 aromatic heterocycles. The van der Waals surface area contributed by atoms with E-state index in [4.69, 9.17) is 15.0 Å². The molecule has 0 saturated heterocycles. The van der Waals surface area contributed by atoms with Crippen molar-refractivity contribution in [3.05, 3.63) is 86.6 Å². The van der Waals surface area contributed by atoms with Crippen LogP contribution in [0.4, 0.5) is 11.4 Å². The van der Waals surface area contributed by atoms with Gasteiger partial charge < -0.3 is 0 Å². The standard InChI is InChI=1S/C25H26BrN3/c1-15-13-17(3)24(18(4)14-15)27-19(5)22-11-8-12-23(29-22)20(6)28-25-16(2)9-7-10-21(25)26/h7-14H,1-6H3. The van der Waals surface area contributed by atoms with Crippen LogP contribution in [0.2, 0.25) is 0 Å². The van der Waals surface area contributed by atoms with Crippen LogP contribution in [0.3, 0.4) is 0 Å². The number of hydrogen-bond donors (Lipinski definition) is 0. The van der Waals surface area contributed by atoms with Crippen LogP contribution in [0.15, 0.2) is 63.0 Å². The Morgan fingerprint density at radius 2 is 1.24 bits per heavy atom. The van der Waals surface area contributed by atoms with Gasteiger partial charge in [-0.2, -0.15) is 0 Å². The number of benzene rings is 2. The van der Waals surface area contributed by atoms with E-state index in [0.29, 0.717) is 0 Å². The van der Waals surface area contributed by atoms with Gasteiger partial charge in [0, 0.05) is 4.47 Å². The number of halogens is 1. The van der Waals surface area contributed by atoms with Crippen LogP contribution in [0.25, 0.3) is 0 Å². The Kier molecular flexibility index (Phi) is 6.43. The van der Waals surface area contributed by atoms with Gasteiger partial charge in [-0.3, -0.25) is 9.98 Å². The maximum Gasteiger partial charge on any atom is 0.0849 e. The summed E-state index contributed by atoms with van der Waals surface area (Å²) in [5.41, 5.74) is 10.2. The topological polar surface area (TPSA) is 37.6 Å². The summed E-state index contributed by atoms with van der Waals surface area (Å²) >= 11 is 3.59. The van der Waals surface area contributed by atoms with Crippen molar-refractivity contribution in [2.24, 2.45) is 9.98 Å². The predicted molar refractivity (Wildman–Crippen MR) is 128 cm³/mol. The van der Waals surface area contributed by atoms with Crippen molar-refractivity contribution < 1.29 is 0 Å². The lowest BCUT2D eigenvalue weighted by molar-refractivity contribution is 1.22. The number of rotatable bonds is 4. The summed E-state index contributed by atoms with van der Waals surface area (Å²) in [4.78, 5) is 14.5. The van der Waals surface area contributed by atoms with Crippen LogP contribution in [0.1, 0.15) is 47.5 Å². The van der Waals surface area contributed by atoms with Gasteiger partial charge >= 0.3 is 0 Å². The summed E-state index contributed by atoms with van der Waals surface area (Å²) in [7, 11) is 0. The van der Waals surface area contributed by atoms with Gasteiger partial charge in [0.15, 0.2) is 0 Å². The van der Waals surface area contributed by atoms with Crippen molar-refractivity contribution in [1.29, 1.82) is 0 Å². The molecule has 4 heteroatoms. The lowest BCUT2D eigenvalue weighted by Crippen LogP contribution is -2.05. The maximum absolute atomic E-state index is 4.89. The second kappa shape index (κ2) is 8.83. The molecule has 1 heterocycles. The zero-order chi connectivity index (χ0) is 21.1. The van der Waals surface area contributed by atoms with Crippen LogP contribution in [-0.2, 0) is 0 Å². The van der Waals surface area contributed by atoms with Crippen molar-refractivity contribution in [2.45, 2.75) is 41.5 Å². The van der Waals surface area contributed by atoms with E-state index in [1.165, 1.54) is 16.7 Å². The molecule has 3 aromatic rings.